The summed E-state index contributed by atoms with van der Waals surface area (Å²) in [7, 11) is 0. The summed E-state index contributed by atoms with van der Waals surface area (Å²) in [5.74, 6) is -0.288. The van der Waals surface area contributed by atoms with Crippen LogP contribution in [0, 0.1) is 0 Å². The van der Waals surface area contributed by atoms with Crippen molar-refractivity contribution in [3.8, 4) is 0 Å². The maximum atomic E-state index is 12.3. The van der Waals surface area contributed by atoms with Gasteiger partial charge in [0.2, 0.25) is 5.78 Å². The fraction of sp³-hybridized carbons (Fsp3) is 0. The van der Waals surface area contributed by atoms with Crippen molar-refractivity contribution in [3.63, 3.8) is 0 Å². The lowest BCUT2D eigenvalue weighted by Gasteiger charge is -2.00. The maximum Gasteiger partial charge on any atom is 0.248 e. The smallest absolute Gasteiger partial charge is 0.248 e. The minimum absolute atomic E-state index is 0.0891. The van der Waals surface area contributed by atoms with E-state index in [2.05, 4.69) is 4.98 Å². The Morgan fingerprint density at radius 1 is 1.10 bits per heavy atom. The third-order valence-corrected chi connectivity index (χ3v) is 3.54. The predicted octanol–water partition coefficient (Wildman–Crippen LogP) is 5.02. The van der Waals surface area contributed by atoms with Crippen molar-refractivity contribution in [2.45, 2.75) is 0 Å². The first-order chi connectivity index (χ1) is 9.56. The lowest BCUT2D eigenvalue weighted by atomic mass is 10.2. The van der Waals surface area contributed by atoms with Gasteiger partial charge in [0.25, 0.3) is 0 Å². The number of pyridine rings is 1. The fourth-order valence-electron chi connectivity index (χ4n) is 1.84. The maximum absolute atomic E-state index is 12.3. The molecule has 100 valence electrons. The van der Waals surface area contributed by atoms with Crippen LogP contribution in [0.4, 0.5) is 0 Å². The first kappa shape index (κ1) is 13.4. The van der Waals surface area contributed by atoms with E-state index in [4.69, 9.17) is 39.2 Å². The first-order valence-corrected chi connectivity index (χ1v) is 6.73. The summed E-state index contributed by atoms with van der Waals surface area (Å²) in [5.41, 5.74) is 0.550. The summed E-state index contributed by atoms with van der Waals surface area (Å²) in [6.07, 6.45) is 1.36. The van der Waals surface area contributed by atoms with Gasteiger partial charge in [0.05, 0.1) is 15.1 Å². The molecule has 0 aliphatic carbocycles. The summed E-state index contributed by atoms with van der Waals surface area (Å²) in [6, 6.07) is 8.34. The van der Waals surface area contributed by atoms with E-state index in [9.17, 15) is 4.79 Å². The molecule has 0 saturated carbocycles. The van der Waals surface area contributed by atoms with Gasteiger partial charge in [0.1, 0.15) is 5.69 Å². The quantitative estimate of drug-likeness (QED) is 0.621. The van der Waals surface area contributed by atoms with Gasteiger partial charge in [0, 0.05) is 11.6 Å². The minimum atomic E-state index is -0.418. The molecule has 2 heterocycles. The van der Waals surface area contributed by atoms with E-state index in [0.29, 0.717) is 15.6 Å². The zero-order valence-electron chi connectivity index (χ0n) is 9.86. The highest BCUT2D eigenvalue weighted by Crippen LogP contribution is 2.29. The number of fused-ring (bicyclic) bond motifs is 1. The largest absolute Gasteiger partial charge is 0.451 e. The number of rotatable bonds is 2. The highest BCUT2D eigenvalue weighted by Gasteiger charge is 2.19. The molecule has 0 unspecified atom stereocenters. The van der Waals surface area contributed by atoms with Gasteiger partial charge in [-0.05, 0) is 18.2 Å². The monoisotopic (exact) mass is 325 g/mol. The van der Waals surface area contributed by atoms with Gasteiger partial charge in [-0.2, -0.15) is 0 Å². The van der Waals surface area contributed by atoms with E-state index in [0.717, 1.165) is 5.39 Å². The van der Waals surface area contributed by atoms with E-state index in [1.165, 1.54) is 12.3 Å². The van der Waals surface area contributed by atoms with E-state index >= 15 is 0 Å². The molecule has 20 heavy (non-hydrogen) atoms. The normalized spacial score (nSPS) is 10.9. The van der Waals surface area contributed by atoms with E-state index in [-0.39, 0.29) is 16.5 Å². The summed E-state index contributed by atoms with van der Waals surface area (Å²) in [6.45, 7) is 0. The Labute approximate surface area is 129 Å². The molecule has 0 radical (unpaired) electrons. The topological polar surface area (TPSA) is 43.1 Å². The zero-order chi connectivity index (χ0) is 14.3. The summed E-state index contributed by atoms with van der Waals surface area (Å²) in [4.78, 5) is 16.3. The zero-order valence-corrected chi connectivity index (χ0v) is 12.1. The molecule has 0 atom stereocenters. The summed E-state index contributed by atoms with van der Waals surface area (Å²) >= 11 is 17.7. The summed E-state index contributed by atoms with van der Waals surface area (Å²) < 4.78 is 5.49. The van der Waals surface area contributed by atoms with Gasteiger partial charge < -0.3 is 4.42 Å². The Morgan fingerprint density at radius 3 is 2.60 bits per heavy atom. The number of hydrogen-bond acceptors (Lipinski definition) is 3. The van der Waals surface area contributed by atoms with Crippen molar-refractivity contribution in [2.75, 3.05) is 0 Å². The van der Waals surface area contributed by atoms with Gasteiger partial charge in [-0.25, -0.2) is 4.98 Å². The molecule has 3 nitrogen and oxygen atoms in total. The second-order valence-corrected chi connectivity index (χ2v) is 5.33. The molecule has 2 aromatic heterocycles. The molecule has 6 heteroatoms. The molecule has 0 saturated heterocycles. The standard InChI is InChI=1S/C14H6Cl3NO2/c15-8-5-10(17)12(18-6-8)13(19)11-4-7-2-1-3-9(16)14(7)20-11/h1-6H. The van der Waals surface area contributed by atoms with Gasteiger partial charge >= 0.3 is 0 Å². The number of carbonyl (C=O) groups excluding carboxylic acids is 1. The molecule has 0 bridgehead atoms. The van der Waals surface area contributed by atoms with Crippen molar-refractivity contribution >= 4 is 51.6 Å². The number of nitrogens with zero attached hydrogens (tertiary/aromatic N) is 1. The Morgan fingerprint density at radius 2 is 1.90 bits per heavy atom. The number of furan rings is 1. The molecule has 0 aliphatic heterocycles. The number of aromatic nitrogens is 1. The first-order valence-electron chi connectivity index (χ1n) is 5.60. The SMILES string of the molecule is O=C(c1cc2cccc(Cl)c2o1)c1ncc(Cl)cc1Cl. The van der Waals surface area contributed by atoms with Gasteiger partial charge in [-0.1, -0.05) is 46.9 Å². The molecule has 3 aromatic rings. The Hall–Kier alpha value is -1.55. The van der Waals surface area contributed by atoms with Crippen LogP contribution in [0.2, 0.25) is 15.1 Å². The third kappa shape index (κ3) is 2.29. The average molecular weight is 327 g/mol. The highest BCUT2D eigenvalue weighted by atomic mass is 35.5. The number of para-hydroxylation sites is 1. The predicted molar refractivity (Wildman–Crippen MR) is 78.9 cm³/mol. The van der Waals surface area contributed by atoms with E-state index in [1.54, 1.807) is 24.3 Å². The van der Waals surface area contributed by atoms with Crippen molar-refractivity contribution in [1.29, 1.82) is 0 Å². The number of benzene rings is 1. The highest BCUT2D eigenvalue weighted by molar-refractivity contribution is 6.37. The lowest BCUT2D eigenvalue weighted by Crippen LogP contribution is -2.03. The van der Waals surface area contributed by atoms with Crippen LogP contribution in [0.3, 0.4) is 0 Å². The van der Waals surface area contributed by atoms with Crippen LogP contribution in [0.1, 0.15) is 16.2 Å². The van der Waals surface area contributed by atoms with E-state index < -0.39 is 5.78 Å². The molecule has 3 rings (SSSR count). The van der Waals surface area contributed by atoms with Crippen LogP contribution >= 0.6 is 34.8 Å². The van der Waals surface area contributed by atoms with Crippen molar-refractivity contribution in [3.05, 3.63) is 63.1 Å². The van der Waals surface area contributed by atoms with Crippen LogP contribution in [0.25, 0.3) is 11.0 Å². The Kier molecular flexibility index (Phi) is 3.42. The molecule has 0 spiro atoms. The van der Waals surface area contributed by atoms with Crippen LogP contribution in [0.15, 0.2) is 40.9 Å². The van der Waals surface area contributed by atoms with Crippen LogP contribution in [-0.4, -0.2) is 10.8 Å². The summed E-state index contributed by atoms with van der Waals surface area (Å²) in [5, 5.41) is 1.72. The van der Waals surface area contributed by atoms with E-state index in [1.807, 2.05) is 0 Å². The number of hydrogen-bond donors (Lipinski definition) is 0. The number of carbonyl (C=O) groups is 1. The number of ketones is 1. The van der Waals surface area contributed by atoms with Gasteiger partial charge in [0.15, 0.2) is 11.3 Å². The van der Waals surface area contributed by atoms with Gasteiger partial charge in [-0.3, -0.25) is 4.79 Å². The van der Waals surface area contributed by atoms with Crippen LogP contribution < -0.4 is 0 Å². The second kappa shape index (κ2) is 5.09. The molecule has 0 N–H and O–H groups in total. The Balaban J connectivity index is 2.10. The minimum Gasteiger partial charge on any atom is -0.451 e. The molecular formula is C14H6Cl3NO2. The molecular weight excluding hydrogens is 321 g/mol. The van der Waals surface area contributed by atoms with Crippen molar-refractivity contribution < 1.29 is 9.21 Å². The molecule has 0 aliphatic rings. The Bertz CT molecular complexity index is 826. The third-order valence-electron chi connectivity index (χ3n) is 2.74. The molecule has 1 aromatic carbocycles. The van der Waals surface area contributed by atoms with Crippen molar-refractivity contribution in [1.82, 2.24) is 4.98 Å². The lowest BCUT2D eigenvalue weighted by molar-refractivity contribution is 0.101. The fourth-order valence-corrected chi connectivity index (χ4v) is 2.52. The van der Waals surface area contributed by atoms with Crippen LogP contribution in [0.5, 0.6) is 0 Å². The number of halogens is 3. The van der Waals surface area contributed by atoms with Crippen molar-refractivity contribution in [2.24, 2.45) is 0 Å². The molecule has 0 amide bonds. The second-order valence-electron chi connectivity index (χ2n) is 4.08. The van der Waals surface area contributed by atoms with Gasteiger partial charge in [-0.15, -0.1) is 0 Å². The van der Waals surface area contributed by atoms with Crippen LogP contribution in [-0.2, 0) is 0 Å². The average Bonchev–Trinajstić information content (AvgIpc) is 2.83. The molecule has 0 fully saturated rings.